The predicted molar refractivity (Wildman–Crippen MR) is 87.7 cm³/mol. The van der Waals surface area contributed by atoms with E-state index in [4.69, 9.17) is 0 Å². The summed E-state index contributed by atoms with van der Waals surface area (Å²) in [5.74, 6) is 0.183. The highest BCUT2D eigenvalue weighted by atomic mass is 32.1. The maximum Gasteiger partial charge on any atom is 0.263 e. The molecule has 0 aliphatic heterocycles. The fourth-order valence-corrected chi connectivity index (χ4v) is 3.69. The van der Waals surface area contributed by atoms with Crippen LogP contribution in [0.2, 0.25) is 0 Å². The van der Waals surface area contributed by atoms with Gasteiger partial charge in [0.2, 0.25) is 0 Å². The van der Waals surface area contributed by atoms with E-state index in [-0.39, 0.29) is 5.91 Å². The van der Waals surface area contributed by atoms with E-state index >= 15 is 0 Å². The number of fused-ring (bicyclic) bond motifs is 1. The number of thiophene rings is 1. The third-order valence-corrected chi connectivity index (χ3v) is 4.79. The van der Waals surface area contributed by atoms with Crippen molar-refractivity contribution in [3.8, 4) is 0 Å². The lowest BCUT2D eigenvalue weighted by Crippen LogP contribution is -2.27. The van der Waals surface area contributed by atoms with E-state index in [0.29, 0.717) is 0 Å². The van der Waals surface area contributed by atoms with Gasteiger partial charge in [0.15, 0.2) is 0 Å². The third-order valence-electron chi connectivity index (χ3n) is 3.59. The van der Waals surface area contributed by atoms with E-state index in [1.54, 1.807) is 11.3 Å². The second-order valence-corrected chi connectivity index (χ2v) is 6.29. The van der Waals surface area contributed by atoms with Crippen molar-refractivity contribution in [2.24, 2.45) is 0 Å². The maximum absolute atomic E-state index is 12.7. The average molecular weight is 289 g/mol. The van der Waals surface area contributed by atoms with E-state index < -0.39 is 0 Å². The summed E-state index contributed by atoms with van der Waals surface area (Å²) >= 11 is 1.64. The predicted octanol–water partition coefficient (Wildman–Crippen LogP) is 4.73. The molecule has 108 valence electrons. The number of carbonyl (C=O) groups is 1. The van der Waals surface area contributed by atoms with Crippen LogP contribution in [-0.4, -0.2) is 24.4 Å². The fraction of sp³-hybridized carbons (Fsp3) is 0.471. The molecule has 1 aromatic heterocycles. The highest BCUT2D eigenvalue weighted by Crippen LogP contribution is 2.33. The van der Waals surface area contributed by atoms with Gasteiger partial charge in [-0.05, 0) is 29.9 Å². The van der Waals surface area contributed by atoms with Crippen LogP contribution in [0.3, 0.4) is 0 Å². The monoisotopic (exact) mass is 289 g/mol. The molecule has 0 spiro atoms. The zero-order valence-corrected chi connectivity index (χ0v) is 13.4. The normalized spacial score (nSPS) is 10.9. The summed E-state index contributed by atoms with van der Waals surface area (Å²) in [5.41, 5.74) is 1.24. The molecule has 0 saturated heterocycles. The molecule has 0 unspecified atom stereocenters. The number of hydrogen-bond acceptors (Lipinski definition) is 2. The fourth-order valence-electron chi connectivity index (χ4n) is 2.44. The van der Waals surface area contributed by atoms with Gasteiger partial charge in [-0.25, -0.2) is 0 Å². The Morgan fingerprint density at radius 2 is 1.95 bits per heavy atom. The second kappa shape index (κ2) is 6.89. The second-order valence-electron chi connectivity index (χ2n) is 5.24. The Balaban J connectivity index is 2.37. The van der Waals surface area contributed by atoms with Crippen LogP contribution in [0.1, 0.15) is 48.3 Å². The van der Waals surface area contributed by atoms with Gasteiger partial charge in [-0.3, -0.25) is 4.79 Å². The lowest BCUT2D eigenvalue weighted by atomic mass is 10.1. The minimum absolute atomic E-state index is 0.183. The first-order valence-corrected chi connectivity index (χ1v) is 8.26. The minimum atomic E-state index is 0.183. The van der Waals surface area contributed by atoms with E-state index in [1.807, 2.05) is 18.0 Å². The highest BCUT2D eigenvalue weighted by Gasteiger charge is 2.20. The Bertz CT molecular complexity index is 588. The van der Waals surface area contributed by atoms with Crippen molar-refractivity contribution in [1.29, 1.82) is 0 Å². The number of unbranched alkanes of at least 4 members (excludes halogenated alkanes) is 1. The molecule has 0 aliphatic carbocycles. The first-order chi connectivity index (χ1) is 9.69. The van der Waals surface area contributed by atoms with Crippen molar-refractivity contribution in [1.82, 2.24) is 4.90 Å². The van der Waals surface area contributed by atoms with Crippen LogP contribution in [-0.2, 0) is 6.42 Å². The van der Waals surface area contributed by atoms with Crippen molar-refractivity contribution < 1.29 is 4.79 Å². The SMILES string of the molecule is CCCCN(C)C(=O)c1sc2ccccc2c1CCC. The van der Waals surface area contributed by atoms with Gasteiger partial charge in [0, 0.05) is 18.3 Å². The number of nitrogens with zero attached hydrogens (tertiary/aromatic N) is 1. The van der Waals surface area contributed by atoms with Gasteiger partial charge in [0.05, 0.1) is 4.88 Å². The van der Waals surface area contributed by atoms with E-state index in [9.17, 15) is 4.79 Å². The first-order valence-electron chi connectivity index (χ1n) is 7.44. The third kappa shape index (κ3) is 3.04. The largest absolute Gasteiger partial charge is 0.341 e. The van der Waals surface area contributed by atoms with Crippen molar-refractivity contribution in [2.45, 2.75) is 39.5 Å². The number of rotatable bonds is 6. The molecule has 0 aliphatic rings. The van der Waals surface area contributed by atoms with Gasteiger partial charge in [-0.1, -0.05) is 44.9 Å². The number of aryl methyl sites for hydroxylation is 1. The number of carbonyl (C=O) groups excluding carboxylic acids is 1. The van der Waals surface area contributed by atoms with Crippen molar-refractivity contribution in [2.75, 3.05) is 13.6 Å². The zero-order valence-electron chi connectivity index (χ0n) is 12.6. The number of amides is 1. The summed E-state index contributed by atoms with van der Waals surface area (Å²) in [6.45, 7) is 5.16. The van der Waals surface area contributed by atoms with Crippen molar-refractivity contribution in [3.63, 3.8) is 0 Å². The van der Waals surface area contributed by atoms with Gasteiger partial charge in [-0.15, -0.1) is 11.3 Å². The van der Waals surface area contributed by atoms with Crippen molar-refractivity contribution >= 4 is 27.3 Å². The number of benzene rings is 1. The van der Waals surface area contributed by atoms with Crippen LogP contribution in [0.25, 0.3) is 10.1 Å². The van der Waals surface area contributed by atoms with Crippen LogP contribution < -0.4 is 0 Å². The Labute approximate surface area is 125 Å². The molecule has 1 amide bonds. The van der Waals surface area contributed by atoms with Gasteiger partial charge in [0.1, 0.15) is 0 Å². The molecule has 1 heterocycles. The molecule has 3 heteroatoms. The molecule has 2 nitrogen and oxygen atoms in total. The van der Waals surface area contributed by atoms with Gasteiger partial charge in [0.25, 0.3) is 5.91 Å². The van der Waals surface area contributed by atoms with Crippen LogP contribution in [0.5, 0.6) is 0 Å². The quantitative estimate of drug-likeness (QED) is 0.753. The molecule has 20 heavy (non-hydrogen) atoms. The summed E-state index contributed by atoms with van der Waals surface area (Å²) in [7, 11) is 1.91. The van der Waals surface area contributed by atoms with Crippen LogP contribution >= 0.6 is 11.3 Å². The molecule has 0 atom stereocenters. The van der Waals surface area contributed by atoms with Gasteiger partial charge in [-0.2, -0.15) is 0 Å². The van der Waals surface area contributed by atoms with Crippen molar-refractivity contribution in [3.05, 3.63) is 34.7 Å². The lowest BCUT2D eigenvalue weighted by Gasteiger charge is -2.16. The molecule has 0 N–H and O–H groups in total. The molecule has 0 bridgehead atoms. The Hall–Kier alpha value is -1.35. The van der Waals surface area contributed by atoms with Gasteiger partial charge < -0.3 is 4.90 Å². The van der Waals surface area contributed by atoms with E-state index in [1.165, 1.54) is 15.6 Å². The van der Waals surface area contributed by atoms with Crippen LogP contribution in [0.4, 0.5) is 0 Å². The topological polar surface area (TPSA) is 20.3 Å². The summed E-state index contributed by atoms with van der Waals surface area (Å²) in [6.07, 6.45) is 4.23. The van der Waals surface area contributed by atoms with Gasteiger partial charge >= 0.3 is 0 Å². The lowest BCUT2D eigenvalue weighted by molar-refractivity contribution is 0.0797. The van der Waals surface area contributed by atoms with E-state index in [0.717, 1.165) is 37.1 Å². The van der Waals surface area contributed by atoms with Crippen LogP contribution in [0, 0.1) is 0 Å². The smallest absolute Gasteiger partial charge is 0.263 e. The Morgan fingerprint density at radius 3 is 2.65 bits per heavy atom. The average Bonchev–Trinajstić information content (AvgIpc) is 2.83. The zero-order chi connectivity index (χ0) is 14.5. The molecular weight excluding hydrogens is 266 g/mol. The molecule has 0 radical (unpaired) electrons. The summed E-state index contributed by atoms with van der Waals surface area (Å²) in [5, 5.41) is 1.26. The number of hydrogen-bond donors (Lipinski definition) is 0. The summed E-state index contributed by atoms with van der Waals surface area (Å²) < 4.78 is 1.23. The highest BCUT2D eigenvalue weighted by molar-refractivity contribution is 7.21. The molecule has 2 rings (SSSR count). The van der Waals surface area contributed by atoms with E-state index in [2.05, 4.69) is 32.0 Å². The minimum Gasteiger partial charge on any atom is -0.341 e. The van der Waals surface area contributed by atoms with Crippen LogP contribution in [0.15, 0.2) is 24.3 Å². The molecule has 0 fully saturated rings. The molecule has 2 aromatic rings. The maximum atomic E-state index is 12.7. The first kappa shape index (κ1) is 15.0. The molecule has 0 saturated carbocycles. The Morgan fingerprint density at radius 1 is 1.20 bits per heavy atom. The summed E-state index contributed by atoms with van der Waals surface area (Å²) in [6, 6.07) is 8.36. The Kier molecular flexibility index (Phi) is 5.18. The standard InChI is InChI=1S/C17H23NOS/c1-4-6-12-18(3)17(19)16-14(9-5-2)13-10-7-8-11-15(13)20-16/h7-8,10-11H,4-6,9,12H2,1-3H3. The molecular formula is C17H23NOS. The summed E-state index contributed by atoms with van der Waals surface area (Å²) in [4.78, 5) is 15.5. The molecule has 1 aromatic carbocycles.